The first kappa shape index (κ1) is 11.8. The van der Waals surface area contributed by atoms with Gasteiger partial charge in [-0.05, 0) is 26.0 Å². The van der Waals surface area contributed by atoms with Gasteiger partial charge in [0, 0.05) is 15.9 Å². The Morgan fingerprint density at radius 2 is 2.00 bits per heavy atom. The Hall–Kier alpha value is -1.24. The molecule has 0 aliphatic carbocycles. The normalized spacial score (nSPS) is 12.3. The maximum absolute atomic E-state index is 9.83. The minimum atomic E-state index is -0.976. The largest absolute Gasteiger partial charge is 0.385 e. The molecule has 0 heterocycles. The molecule has 0 saturated heterocycles. The van der Waals surface area contributed by atoms with E-state index in [1.807, 2.05) is 36.4 Å². The van der Waals surface area contributed by atoms with Gasteiger partial charge in [-0.3, -0.25) is 0 Å². The molecular formula is C12H13NOS. The molecule has 0 aliphatic rings. The maximum atomic E-state index is 9.83. The van der Waals surface area contributed by atoms with E-state index >= 15 is 0 Å². The number of hydrogen-bond acceptors (Lipinski definition) is 3. The van der Waals surface area contributed by atoms with Crippen molar-refractivity contribution in [1.82, 2.24) is 0 Å². The molecule has 0 amide bonds. The molecule has 1 aromatic rings. The second-order valence-corrected chi connectivity index (χ2v) is 4.73. The van der Waals surface area contributed by atoms with Gasteiger partial charge in [0.25, 0.3) is 0 Å². The predicted octanol–water partition coefficient (Wildman–Crippen LogP) is 2.96. The van der Waals surface area contributed by atoms with Crippen LogP contribution in [0.3, 0.4) is 0 Å². The summed E-state index contributed by atoms with van der Waals surface area (Å²) in [6.45, 7) is 3.35. The van der Waals surface area contributed by atoms with Gasteiger partial charge in [0.1, 0.15) is 0 Å². The first-order chi connectivity index (χ1) is 7.04. The van der Waals surface area contributed by atoms with Crippen LogP contribution in [0.25, 0.3) is 0 Å². The summed E-state index contributed by atoms with van der Waals surface area (Å²) in [7, 11) is 0. The molecule has 0 spiro atoms. The van der Waals surface area contributed by atoms with Crippen molar-refractivity contribution in [1.29, 1.82) is 5.26 Å². The molecule has 0 radical (unpaired) electrons. The lowest BCUT2D eigenvalue weighted by Crippen LogP contribution is -2.19. The molecule has 0 bridgehead atoms. The van der Waals surface area contributed by atoms with Crippen LogP contribution in [0.1, 0.15) is 13.8 Å². The van der Waals surface area contributed by atoms with Crippen molar-refractivity contribution in [2.75, 3.05) is 0 Å². The number of nitrogens with zero attached hydrogens (tertiary/aromatic N) is 1. The quantitative estimate of drug-likeness (QED) is 0.628. The van der Waals surface area contributed by atoms with Crippen molar-refractivity contribution in [3.63, 3.8) is 0 Å². The third kappa shape index (κ3) is 3.78. The number of hydrogen-bond donors (Lipinski definition) is 1. The summed E-state index contributed by atoms with van der Waals surface area (Å²) in [6, 6.07) is 11.6. The molecule has 0 saturated carbocycles. The zero-order valence-corrected chi connectivity index (χ0v) is 9.58. The van der Waals surface area contributed by atoms with E-state index in [-0.39, 0.29) is 0 Å². The zero-order valence-electron chi connectivity index (χ0n) is 8.77. The molecule has 1 aromatic carbocycles. The van der Waals surface area contributed by atoms with E-state index in [9.17, 15) is 5.11 Å². The van der Waals surface area contributed by atoms with E-state index in [1.54, 1.807) is 13.8 Å². The number of aliphatic hydroxyl groups is 1. The molecule has 0 aliphatic heterocycles. The van der Waals surface area contributed by atoms with Gasteiger partial charge in [-0.15, -0.1) is 0 Å². The molecule has 0 unspecified atom stereocenters. The Labute approximate surface area is 94.2 Å². The molecule has 3 heteroatoms. The van der Waals surface area contributed by atoms with E-state index in [1.165, 1.54) is 17.8 Å². The molecule has 2 nitrogen and oxygen atoms in total. The van der Waals surface area contributed by atoms with Crippen LogP contribution in [-0.4, -0.2) is 10.7 Å². The Morgan fingerprint density at radius 1 is 1.40 bits per heavy atom. The van der Waals surface area contributed by atoms with Crippen molar-refractivity contribution >= 4 is 11.8 Å². The third-order valence-corrected chi connectivity index (χ3v) is 3.11. The standard InChI is InChI=1S/C12H13NOS/c1-12(2,14)11(8-9-13)15-10-6-4-3-5-7-10/h3-8,14H,1-2H3/b11-8-. The van der Waals surface area contributed by atoms with Crippen LogP contribution >= 0.6 is 11.8 Å². The highest BCUT2D eigenvalue weighted by atomic mass is 32.2. The van der Waals surface area contributed by atoms with Crippen LogP contribution in [0.2, 0.25) is 0 Å². The highest BCUT2D eigenvalue weighted by Crippen LogP contribution is 2.33. The summed E-state index contributed by atoms with van der Waals surface area (Å²) < 4.78 is 0. The van der Waals surface area contributed by atoms with Crippen LogP contribution in [-0.2, 0) is 0 Å². The van der Waals surface area contributed by atoms with E-state index in [4.69, 9.17) is 5.26 Å². The lowest BCUT2D eigenvalue weighted by atomic mass is 10.1. The molecule has 78 valence electrons. The number of allylic oxidation sites excluding steroid dienone is 1. The molecule has 15 heavy (non-hydrogen) atoms. The molecule has 1 rings (SSSR count). The molecule has 0 fully saturated rings. The minimum absolute atomic E-state index is 0.649. The Kier molecular flexibility index (Phi) is 3.96. The van der Waals surface area contributed by atoms with Gasteiger partial charge in [-0.1, -0.05) is 30.0 Å². The highest BCUT2D eigenvalue weighted by Gasteiger charge is 2.20. The van der Waals surface area contributed by atoms with Gasteiger partial charge in [0.2, 0.25) is 0 Å². The van der Waals surface area contributed by atoms with E-state index in [0.29, 0.717) is 4.91 Å². The van der Waals surface area contributed by atoms with Crippen LogP contribution in [0.15, 0.2) is 46.2 Å². The smallest absolute Gasteiger partial charge is 0.0921 e. The first-order valence-electron chi connectivity index (χ1n) is 4.59. The van der Waals surface area contributed by atoms with E-state index < -0.39 is 5.60 Å². The SMILES string of the molecule is CC(C)(O)/C(=C/C#N)Sc1ccccc1. The molecule has 0 aromatic heterocycles. The van der Waals surface area contributed by atoms with Crippen molar-refractivity contribution < 1.29 is 5.11 Å². The molecular weight excluding hydrogens is 206 g/mol. The average Bonchev–Trinajstić information content (AvgIpc) is 2.17. The Balaban J connectivity index is 2.88. The Bertz CT molecular complexity index is 384. The van der Waals surface area contributed by atoms with Gasteiger partial charge in [0.15, 0.2) is 0 Å². The second-order valence-electron chi connectivity index (χ2n) is 3.61. The van der Waals surface area contributed by atoms with Crippen LogP contribution in [0.5, 0.6) is 0 Å². The summed E-state index contributed by atoms with van der Waals surface area (Å²) in [4.78, 5) is 1.66. The molecule has 1 N–H and O–H groups in total. The molecule has 0 atom stereocenters. The number of nitriles is 1. The van der Waals surface area contributed by atoms with Crippen molar-refractivity contribution in [3.8, 4) is 6.07 Å². The van der Waals surface area contributed by atoms with Gasteiger partial charge in [-0.25, -0.2) is 0 Å². The fraction of sp³-hybridized carbons (Fsp3) is 0.250. The van der Waals surface area contributed by atoms with Gasteiger partial charge < -0.3 is 5.11 Å². The summed E-state index contributed by atoms with van der Waals surface area (Å²) in [5, 5.41) is 18.5. The fourth-order valence-corrected chi connectivity index (χ4v) is 1.91. The summed E-state index contributed by atoms with van der Waals surface area (Å²) in [5.74, 6) is 0. The number of rotatable bonds is 3. The van der Waals surface area contributed by atoms with Crippen molar-refractivity contribution in [2.45, 2.75) is 24.3 Å². The van der Waals surface area contributed by atoms with E-state index in [2.05, 4.69) is 0 Å². The summed E-state index contributed by atoms with van der Waals surface area (Å²) in [5.41, 5.74) is -0.976. The van der Waals surface area contributed by atoms with Gasteiger partial charge in [0.05, 0.1) is 11.7 Å². The monoisotopic (exact) mass is 219 g/mol. The zero-order chi connectivity index (χ0) is 11.3. The Morgan fingerprint density at radius 3 is 2.47 bits per heavy atom. The highest BCUT2D eigenvalue weighted by molar-refractivity contribution is 8.03. The summed E-state index contributed by atoms with van der Waals surface area (Å²) >= 11 is 1.41. The topological polar surface area (TPSA) is 44.0 Å². The van der Waals surface area contributed by atoms with Crippen molar-refractivity contribution in [3.05, 3.63) is 41.3 Å². The van der Waals surface area contributed by atoms with Crippen LogP contribution in [0, 0.1) is 11.3 Å². The van der Waals surface area contributed by atoms with Gasteiger partial charge in [-0.2, -0.15) is 5.26 Å². The lowest BCUT2D eigenvalue weighted by Gasteiger charge is -2.20. The fourth-order valence-electron chi connectivity index (χ4n) is 1.01. The predicted molar refractivity (Wildman–Crippen MR) is 62.3 cm³/mol. The second kappa shape index (κ2) is 5.01. The van der Waals surface area contributed by atoms with E-state index in [0.717, 1.165) is 4.90 Å². The number of benzene rings is 1. The lowest BCUT2D eigenvalue weighted by molar-refractivity contribution is 0.129. The van der Waals surface area contributed by atoms with Crippen LogP contribution < -0.4 is 0 Å². The first-order valence-corrected chi connectivity index (χ1v) is 5.41. The third-order valence-electron chi connectivity index (χ3n) is 1.77. The summed E-state index contributed by atoms with van der Waals surface area (Å²) in [6.07, 6.45) is 1.39. The maximum Gasteiger partial charge on any atom is 0.0921 e. The van der Waals surface area contributed by atoms with Crippen LogP contribution in [0.4, 0.5) is 0 Å². The number of thioether (sulfide) groups is 1. The minimum Gasteiger partial charge on any atom is -0.385 e. The van der Waals surface area contributed by atoms with Gasteiger partial charge >= 0.3 is 0 Å². The average molecular weight is 219 g/mol. The van der Waals surface area contributed by atoms with Crippen molar-refractivity contribution in [2.24, 2.45) is 0 Å².